The molecule has 0 amide bonds. The lowest BCUT2D eigenvalue weighted by Gasteiger charge is -2.26. The Kier molecular flexibility index (Phi) is 7.45. The van der Waals surface area contributed by atoms with Gasteiger partial charge in [0.25, 0.3) is 5.09 Å². The van der Waals surface area contributed by atoms with E-state index in [-0.39, 0.29) is 17.8 Å². The number of aromatic nitrogens is 1. The van der Waals surface area contributed by atoms with Gasteiger partial charge in [0.15, 0.2) is 0 Å². The van der Waals surface area contributed by atoms with E-state index in [1.807, 2.05) is 18.2 Å². The number of pyridine rings is 1. The van der Waals surface area contributed by atoms with Gasteiger partial charge in [-0.05, 0) is 65.6 Å². The molecule has 0 saturated heterocycles. The summed E-state index contributed by atoms with van der Waals surface area (Å²) in [4.78, 5) is 30.7. The molecule has 2 heterocycles. The van der Waals surface area contributed by atoms with Crippen molar-refractivity contribution in [2.75, 3.05) is 6.61 Å². The fourth-order valence-electron chi connectivity index (χ4n) is 3.91. The van der Waals surface area contributed by atoms with Crippen molar-refractivity contribution < 1.29 is 19.4 Å². The molecule has 170 valence electrons. The molecule has 32 heavy (non-hydrogen) atoms. The molecule has 1 N–H and O–H groups in total. The Morgan fingerprint density at radius 3 is 2.56 bits per heavy atom. The minimum absolute atomic E-state index is 0.0929. The van der Waals surface area contributed by atoms with Crippen LogP contribution in [-0.4, -0.2) is 21.8 Å². The van der Waals surface area contributed by atoms with E-state index in [0.717, 1.165) is 36.8 Å². The Hall–Kier alpha value is -3.42. The van der Waals surface area contributed by atoms with E-state index in [1.54, 1.807) is 18.5 Å². The number of hydrogen-bond donors (Lipinski definition) is 1. The van der Waals surface area contributed by atoms with Gasteiger partial charge in [-0.25, -0.2) is 4.79 Å². The van der Waals surface area contributed by atoms with Gasteiger partial charge in [0.1, 0.15) is 11.3 Å². The summed E-state index contributed by atoms with van der Waals surface area (Å²) in [6, 6.07) is 8.77. The first-order chi connectivity index (χ1) is 15.3. The first-order valence-electron chi connectivity index (χ1n) is 10.7. The van der Waals surface area contributed by atoms with Crippen LogP contribution in [0.4, 0.5) is 0 Å². The molecular formula is C24H28N2O6. The van der Waals surface area contributed by atoms with E-state index in [9.17, 15) is 20.0 Å². The molecule has 0 aliphatic rings. The van der Waals surface area contributed by atoms with E-state index >= 15 is 0 Å². The number of aromatic hydroxyl groups is 1. The van der Waals surface area contributed by atoms with Crippen molar-refractivity contribution >= 4 is 11.0 Å². The summed E-state index contributed by atoms with van der Waals surface area (Å²) in [5, 5.41) is 20.8. The second kappa shape index (κ2) is 10.3. The fraction of sp³-hybridized carbons (Fsp3) is 0.417. The molecule has 0 saturated carbocycles. The molecule has 0 spiro atoms. The number of rotatable bonds is 11. The van der Waals surface area contributed by atoms with Crippen LogP contribution in [0.3, 0.4) is 0 Å². The van der Waals surface area contributed by atoms with E-state index in [4.69, 9.17) is 4.42 Å². The Morgan fingerprint density at radius 1 is 1.12 bits per heavy atom. The van der Waals surface area contributed by atoms with E-state index < -0.39 is 10.7 Å². The first-order valence-corrected chi connectivity index (χ1v) is 10.7. The van der Waals surface area contributed by atoms with E-state index in [0.29, 0.717) is 29.4 Å². The highest BCUT2D eigenvalue weighted by molar-refractivity contribution is 5.87. The average molecular weight is 440 g/mol. The molecule has 0 radical (unpaired) electrons. The Balaban J connectivity index is 1.75. The van der Waals surface area contributed by atoms with Crippen LogP contribution in [0, 0.1) is 10.1 Å². The molecule has 0 bridgehead atoms. The van der Waals surface area contributed by atoms with Gasteiger partial charge in [0, 0.05) is 18.5 Å². The van der Waals surface area contributed by atoms with Crippen LogP contribution >= 0.6 is 0 Å². The molecule has 3 rings (SSSR count). The summed E-state index contributed by atoms with van der Waals surface area (Å²) >= 11 is 0. The lowest BCUT2D eigenvalue weighted by molar-refractivity contribution is -0.757. The number of phenolic OH excluding ortho intramolecular Hbond substituents is 1. The van der Waals surface area contributed by atoms with Crippen LogP contribution in [0.2, 0.25) is 0 Å². The predicted molar refractivity (Wildman–Crippen MR) is 120 cm³/mol. The van der Waals surface area contributed by atoms with Crippen molar-refractivity contribution in [3.05, 3.63) is 80.0 Å². The minimum Gasteiger partial charge on any atom is -0.507 e. The second-order valence-electron chi connectivity index (χ2n) is 8.60. The lowest BCUT2D eigenvalue weighted by atomic mass is 9.79. The van der Waals surface area contributed by atoms with Crippen LogP contribution in [-0.2, 0) is 16.7 Å². The summed E-state index contributed by atoms with van der Waals surface area (Å²) in [5.41, 5.74) is 2.27. The molecule has 0 atom stereocenters. The Bertz CT molecular complexity index is 1120. The Morgan fingerprint density at radius 2 is 1.84 bits per heavy atom. The van der Waals surface area contributed by atoms with Gasteiger partial charge in [-0.3, -0.25) is 4.98 Å². The maximum absolute atomic E-state index is 12.2. The first kappa shape index (κ1) is 23.2. The van der Waals surface area contributed by atoms with Gasteiger partial charge in [0.05, 0.1) is 12.0 Å². The molecule has 0 fully saturated rings. The normalized spacial score (nSPS) is 11.6. The zero-order valence-corrected chi connectivity index (χ0v) is 18.4. The summed E-state index contributed by atoms with van der Waals surface area (Å²) < 4.78 is 5.45. The summed E-state index contributed by atoms with van der Waals surface area (Å²) in [7, 11) is 0. The number of unbranched alkanes of at least 4 members (excludes halogenated alkanes) is 3. The molecular weight excluding hydrogens is 412 g/mol. The molecule has 0 aliphatic heterocycles. The highest BCUT2D eigenvalue weighted by atomic mass is 16.9. The van der Waals surface area contributed by atoms with E-state index in [2.05, 4.69) is 23.7 Å². The summed E-state index contributed by atoms with van der Waals surface area (Å²) in [6.07, 6.45) is 8.07. The van der Waals surface area contributed by atoms with Crippen LogP contribution in [0.1, 0.15) is 62.6 Å². The van der Waals surface area contributed by atoms with Crippen molar-refractivity contribution in [1.29, 1.82) is 0 Å². The lowest BCUT2D eigenvalue weighted by Crippen LogP contribution is -2.17. The van der Waals surface area contributed by atoms with Gasteiger partial charge in [-0.15, -0.1) is 10.1 Å². The smallest absolute Gasteiger partial charge is 0.336 e. The molecule has 1 aromatic carbocycles. The third kappa shape index (κ3) is 6.06. The molecule has 0 aliphatic carbocycles. The predicted octanol–water partition coefficient (Wildman–Crippen LogP) is 4.92. The van der Waals surface area contributed by atoms with Crippen LogP contribution < -0.4 is 5.63 Å². The van der Waals surface area contributed by atoms with Crippen molar-refractivity contribution in [2.45, 2.75) is 57.8 Å². The van der Waals surface area contributed by atoms with Crippen molar-refractivity contribution in [3.8, 4) is 5.75 Å². The highest BCUT2D eigenvalue weighted by Crippen LogP contribution is 2.37. The number of phenols is 1. The zero-order valence-electron chi connectivity index (χ0n) is 18.4. The quantitative estimate of drug-likeness (QED) is 0.195. The average Bonchev–Trinajstić information content (AvgIpc) is 2.73. The van der Waals surface area contributed by atoms with Crippen LogP contribution in [0.25, 0.3) is 11.0 Å². The molecule has 0 unspecified atom stereocenters. The monoisotopic (exact) mass is 440 g/mol. The minimum atomic E-state index is -0.768. The van der Waals surface area contributed by atoms with Crippen LogP contribution in [0.5, 0.6) is 5.75 Å². The number of fused-ring (bicyclic) bond motifs is 1. The van der Waals surface area contributed by atoms with Gasteiger partial charge in [-0.2, -0.15) is 0 Å². The van der Waals surface area contributed by atoms with Gasteiger partial charge in [-0.1, -0.05) is 33.1 Å². The third-order valence-corrected chi connectivity index (χ3v) is 5.72. The standard InChI is InChI=1S/C24H28N2O6/c1-24(2,9-5-3-4-6-12-31-26(29)30)19-15-20(27)23-18(13-17-7-10-25-11-8-17)14-22(28)32-21(23)16-19/h7-8,10-11,14-16,27H,3-6,9,12-13H2,1-2H3. The zero-order chi connectivity index (χ0) is 23.1. The van der Waals surface area contributed by atoms with E-state index in [1.165, 1.54) is 6.07 Å². The van der Waals surface area contributed by atoms with Crippen molar-refractivity contribution in [1.82, 2.24) is 4.98 Å². The number of nitrogens with zero attached hydrogens (tertiary/aromatic N) is 2. The largest absolute Gasteiger partial charge is 0.507 e. The highest BCUT2D eigenvalue weighted by Gasteiger charge is 2.23. The van der Waals surface area contributed by atoms with Crippen LogP contribution in [0.15, 0.2) is 51.9 Å². The SMILES string of the molecule is CC(C)(CCCCCCO[N+](=O)[O-])c1cc(O)c2c(Cc3ccncc3)cc(=O)oc2c1. The Labute approximate surface area is 186 Å². The van der Waals surface area contributed by atoms with Crippen molar-refractivity contribution in [3.63, 3.8) is 0 Å². The fourth-order valence-corrected chi connectivity index (χ4v) is 3.91. The van der Waals surface area contributed by atoms with Gasteiger partial charge < -0.3 is 14.4 Å². The number of hydrogen-bond acceptors (Lipinski definition) is 7. The maximum atomic E-state index is 12.2. The molecule has 2 aromatic heterocycles. The molecule has 8 heteroatoms. The molecule has 8 nitrogen and oxygen atoms in total. The third-order valence-electron chi connectivity index (χ3n) is 5.72. The summed E-state index contributed by atoms with van der Waals surface area (Å²) in [6.45, 7) is 4.29. The maximum Gasteiger partial charge on any atom is 0.336 e. The molecule has 3 aromatic rings. The van der Waals surface area contributed by atoms with Gasteiger partial charge in [0.2, 0.25) is 0 Å². The topological polar surface area (TPSA) is 116 Å². The van der Waals surface area contributed by atoms with Crippen molar-refractivity contribution in [2.24, 2.45) is 0 Å². The summed E-state index contributed by atoms with van der Waals surface area (Å²) in [5.74, 6) is 0.0929. The number of benzene rings is 1. The second-order valence-corrected chi connectivity index (χ2v) is 8.60. The van der Waals surface area contributed by atoms with Gasteiger partial charge >= 0.3 is 5.63 Å².